The van der Waals surface area contributed by atoms with Gasteiger partial charge < -0.3 is 4.52 Å². The summed E-state index contributed by atoms with van der Waals surface area (Å²) in [7, 11) is -2.77. The molecule has 14 heavy (non-hydrogen) atoms. The Morgan fingerprint density at radius 2 is 1.64 bits per heavy atom. The van der Waals surface area contributed by atoms with Gasteiger partial charge in [-0.25, -0.2) is 4.67 Å². The molecule has 0 aromatic heterocycles. The molecule has 0 spiro atoms. The Kier molecular flexibility index (Phi) is 8.80. The first kappa shape index (κ1) is 15.0. The zero-order valence-electron chi connectivity index (χ0n) is 8.09. The van der Waals surface area contributed by atoms with Gasteiger partial charge in [0.2, 0.25) is 0 Å². The van der Waals surface area contributed by atoms with Crippen LogP contribution in [0.5, 0.6) is 0 Å². The number of alkyl halides is 3. The van der Waals surface area contributed by atoms with E-state index in [1.807, 2.05) is 0 Å². The van der Waals surface area contributed by atoms with Crippen molar-refractivity contribution < 1.29 is 9.09 Å². The van der Waals surface area contributed by atoms with Crippen molar-refractivity contribution in [1.29, 1.82) is 0 Å². The van der Waals surface area contributed by atoms with Gasteiger partial charge >= 0.3 is 0 Å². The Bertz CT molecular complexity index is 188. The first-order chi connectivity index (χ1) is 6.58. The molecular weight excluding hydrogens is 267 g/mol. The molecule has 0 heterocycles. The van der Waals surface area contributed by atoms with Crippen LogP contribution in [0.2, 0.25) is 0 Å². The van der Waals surface area contributed by atoms with E-state index in [1.54, 1.807) is 11.3 Å². The van der Waals surface area contributed by atoms with E-state index in [4.69, 9.17) is 39.3 Å². The molecule has 0 saturated carbocycles. The topological polar surface area (TPSA) is 29.5 Å². The van der Waals surface area contributed by atoms with Gasteiger partial charge in [0.05, 0.1) is 6.61 Å². The van der Waals surface area contributed by atoms with Gasteiger partial charge in [-0.2, -0.15) is 0 Å². The van der Waals surface area contributed by atoms with Crippen molar-refractivity contribution in [2.24, 2.45) is 0 Å². The lowest BCUT2D eigenvalue weighted by Crippen LogP contribution is -2.26. The Morgan fingerprint density at radius 3 is 2.00 bits per heavy atom. The molecule has 0 unspecified atom stereocenters. The largest absolute Gasteiger partial charge is 0.316 e. The van der Waals surface area contributed by atoms with Gasteiger partial charge in [-0.3, -0.25) is 4.57 Å². The van der Waals surface area contributed by atoms with Crippen LogP contribution in [-0.2, 0) is 9.09 Å². The normalized spacial score (nSPS) is 15.8. The molecular formula is C7H15Cl3NO2P. The van der Waals surface area contributed by atoms with Gasteiger partial charge in [0.25, 0.3) is 7.52 Å². The van der Waals surface area contributed by atoms with Crippen LogP contribution < -0.4 is 0 Å². The Morgan fingerprint density at radius 1 is 1.14 bits per heavy atom. The lowest BCUT2D eigenvalue weighted by Gasteiger charge is -2.26. The van der Waals surface area contributed by atoms with E-state index in [0.29, 0.717) is 30.7 Å². The number of nitrogens with zero attached hydrogens (tertiary/aromatic N) is 1. The van der Waals surface area contributed by atoms with Crippen LogP contribution >= 0.6 is 42.3 Å². The van der Waals surface area contributed by atoms with Gasteiger partial charge in [-0.1, -0.05) is 0 Å². The van der Waals surface area contributed by atoms with Crippen molar-refractivity contribution in [2.45, 2.75) is 0 Å². The maximum Gasteiger partial charge on any atom is 0.269 e. The zero-order valence-corrected chi connectivity index (χ0v) is 11.2. The zero-order chi connectivity index (χ0) is 11.0. The molecule has 7 heteroatoms. The maximum absolute atomic E-state index is 12.0. The molecule has 0 aromatic carbocycles. The highest BCUT2D eigenvalue weighted by atomic mass is 35.5. The third-order valence-corrected chi connectivity index (χ3v) is 4.19. The van der Waals surface area contributed by atoms with Gasteiger partial charge in [-0.05, 0) is 0 Å². The first-order valence-corrected chi connectivity index (χ1v) is 7.86. The third-order valence-electron chi connectivity index (χ3n) is 1.61. The fourth-order valence-corrected chi connectivity index (χ4v) is 3.30. The van der Waals surface area contributed by atoms with E-state index < -0.39 is 7.52 Å². The third kappa shape index (κ3) is 5.79. The quantitative estimate of drug-likeness (QED) is 0.506. The maximum atomic E-state index is 12.0. The molecule has 0 aliphatic heterocycles. The van der Waals surface area contributed by atoms with Crippen molar-refractivity contribution in [3.05, 3.63) is 0 Å². The molecule has 86 valence electrons. The van der Waals surface area contributed by atoms with Gasteiger partial charge in [0, 0.05) is 37.4 Å². The molecule has 0 fully saturated rings. The second-order valence-corrected chi connectivity index (χ2v) is 6.22. The summed E-state index contributed by atoms with van der Waals surface area (Å²) in [5.74, 6) is 1.13. The molecule has 0 N–H and O–H groups in total. The molecule has 1 atom stereocenters. The second kappa shape index (κ2) is 8.20. The van der Waals surface area contributed by atoms with Crippen LogP contribution in [0.15, 0.2) is 0 Å². The highest BCUT2D eigenvalue weighted by Crippen LogP contribution is 2.46. The molecule has 0 bridgehead atoms. The number of rotatable bonds is 8. The van der Waals surface area contributed by atoms with Crippen molar-refractivity contribution >= 4 is 42.3 Å². The molecule has 0 aliphatic carbocycles. The minimum Gasteiger partial charge on any atom is -0.316 e. The molecule has 3 nitrogen and oxygen atoms in total. The van der Waals surface area contributed by atoms with Gasteiger partial charge in [0.15, 0.2) is 0 Å². The molecule has 0 saturated heterocycles. The summed E-state index contributed by atoms with van der Waals surface area (Å²) in [6, 6.07) is 0. The van der Waals surface area contributed by atoms with Crippen molar-refractivity contribution in [3.63, 3.8) is 0 Å². The van der Waals surface area contributed by atoms with Crippen molar-refractivity contribution in [2.75, 3.05) is 44.0 Å². The number of halogens is 3. The molecule has 0 amide bonds. The summed E-state index contributed by atoms with van der Waals surface area (Å²) in [6.45, 7) is 2.84. The lowest BCUT2D eigenvalue weighted by molar-refractivity contribution is 0.285. The van der Waals surface area contributed by atoms with E-state index in [1.165, 1.54) is 0 Å². The predicted molar refractivity (Wildman–Crippen MR) is 63.2 cm³/mol. The van der Waals surface area contributed by atoms with Crippen LogP contribution in [0.25, 0.3) is 0 Å². The van der Waals surface area contributed by atoms with Crippen LogP contribution in [0.4, 0.5) is 0 Å². The summed E-state index contributed by atoms with van der Waals surface area (Å²) in [5.41, 5.74) is 0. The van der Waals surface area contributed by atoms with Gasteiger partial charge in [-0.15, -0.1) is 34.8 Å². The molecule has 0 aromatic rings. The molecule has 0 aliphatic rings. The van der Waals surface area contributed by atoms with Crippen LogP contribution in [-0.4, -0.2) is 48.7 Å². The summed E-state index contributed by atoms with van der Waals surface area (Å²) in [5, 5.41) is 0. The average Bonchev–Trinajstić information content (AvgIpc) is 2.14. The standard InChI is InChI=1S/C7H15Cl3NO2P/c1-14(12,13-7-4-10)11(5-2-8)6-3-9/h2-7H2,1H3/t14-/m0/s1. The predicted octanol–water partition coefficient (Wildman–Crippen LogP) is 2.84. The number of hydrogen-bond acceptors (Lipinski definition) is 2. The molecule has 0 rings (SSSR count). The minimum atomic E-state index is -2.77. The SMILES string of the molecule is C[P@](=O)(OCCCl)N(CCCl)CCCl. The molecule has 0 radical (unpaired) electrons. The smallest absolute Gasteiger partial charge is 0.269 e. The second-order valence-electron chi connectivity index (χ2n) is 2.66. The Hall–Kier alpha value is 1.02. The number of hydrogen-bond donors (Lipinski definition) is 0. The highest BCUT2D eigenvalue weighted by Gasteiger charge is 2.24. The summed E-state index contributed by atoms with van der Waals surface area (Å²) < 4.78 is 18.8. The van der Waals surface area contributed by atoms with Crippen LogP contribution in [0.1, 0.15) is 0 Å². The van der Waals surface area contributed by atoms with E-state index >= 15 is 0 Å². The van der Waals surface area contributed by atoms with E-state index in [9.17, 15) is 4.57 Å². The monoisotopic (exact) mass is 281 g/mol. The minimum absolute atomic E-state index is 0.274. The average molecular weight is 283 g/mol. The lowest BCUT2D eigenvalue weighted by atomic mass is 10.6. The summed E-state index contributed by atoms with van der Waals surface area (Å²) in [4.78, 5) is 0. The van der Waals surface area contributed by atoms with E-state index in [-0.39, 0.29) is 6.61 Å². The fraction of sp³-hybridized carbons (Fsp3) is 1.00. The van der Waals surface area contributed by atoms with Crippen LogP contribution in [0, 0.1) is 0 Å². The van der Waals surface area contributed by atoms with E-state index in [0.717, 1.165) is 0 Å². The van der Waals surface area contributed by atoms with Gasteiger partial charge in [0.1, 0.15) is 0 Å². The Balaban J connectivity index is 4.21. The van der Waals surface area contributed by atoms with Crippen LogP contribution in [0.3, 0.4) is 0 Å². The summed E-state index contributed by atoms with van der Waals surface area (Å²) in [6.07, 6.45) is 0. The highest BCUT2D eigenvalue weighted by molar-refractivity contribution is 7.55. The first-order valence-electron chi connectivity index (χ1n) is 4.24. The fourth-order valence-electron chi connectivity index (χ4n) is 0.956. The summed E-state index contributed by atoms with van der Waals surface area (Å²) >= 11 is 16.6. The van der Waals surface area contributed by atoms with Crippen molar-refractivity contribution in [1.82, 2.24) is 4.67 Å². The van der Waals surface area contributed by atoms with Crippen molar-refractivity contribution in [3.8, 4) is 0 Å². The van der Waals surface area contributed by atoms with E-state index in [2.05, 4.69) is 0 Å². The Labute approximate surface area is 100 Å².